The molecule has 162 valence electrons. The lowest BCUT2D eigenvalue weighted by Gasteiger charge is -2.33. The fraction of sp³-hybridized carbons (Fsp3) is 0.955. The Morgan fingerprint density at radius 3 is 2.39 bits per heavy atom. The standard InChI is InChI=1S/C22H44N6/c1-3-23-22(25-20-11-14-28(19-20)21-9-5-6-10-21)24-12-7-8-13-27-17-15-26(4-2)16-18-27/h20-21H,3-19H2,1-2H3,(H2,23,24,25). The molecule has 2 N–H and O–H groups in total. The van der Waals surface area contributed by atoms with E-state index in [1.165, 1.54) is 97.3 Å². The molecule has 2 heterocycles. The molecule has 1 atom stereocenters. The Morgan fingerprint density at radius 2 is 1.68 bits per heavy atom. The number of likely N-dealkylation sites (N-methyl/N-ethyl adjacent to an activating group) is 1. The largest absolute Gasteiger partial charge is 0.357 e. The van der Waals surface area contributed by atoms with E-state index < -0.39 is 0 Å². The number of hydrogen-bond acceptors (Lipinski definition) is 4. The monoisotopic (exact) mass is 392 g/mol. The summed E-state index contributed by atoms with van der Waals surface area (Å²) < 4.78 is 0. The molecule has 0 aromatic rings. The molecule has 1 aliphatic carbocycles. The molecule has 28 heavy (non-hydrogen) atoms. The summed E-state index contributed by atoms with van der Waals surface area (Å²) in [6.07, 6.45) is 9.38. The number of piperazine rings is 1. The Labute approximate surface area is 173 Å². The molecule has 0 aromatic carbocycles. The second-order valence-corrected chi connectivity index (χ2v) is 8.81. The lowest BCUT2D eigenvalue weighted by atomic mass is 10.2. The van der Waals surface area contributed by atoms with Crippen molar-refractivity contribution in [3.63, 3.8) is 0 Å². The summed E-state index contributed by atoms with van der Waals surface area (Å²) in [6.45, 7) is 16.1. The zero-order valence-electron chi connectivity index (χ0n) is 18.5. The van der Waals surface area contributed by atoms with E-state index in [0.717, 1.165) is 25.1 Å². The highest BCUT2D eigenvalue weighted by atomic mass is 15.3. The molecule has 2 aliphatic heterocycles. The quantitative estimate of drug-likeness (QED) is 0.357. The van der Waals surface area contributed by atoms with Crippen molar-refractivity contribution in [2.45, 2.75) is 70.9 Å². The van der Waals surface area contributed by atoms with Crippen LogP contribution in [0.5, 0.6) is 0 Å². The van der Waals surface area contributed by atoms with Gasteiger partial charge in [-0.2, -0.15) is 0 Å². The van der Waals surface area contributed by atoms with Crippen LogP contribution >= 0.6 is 0 Å². The Hall–Kier alpha value is -0.850. The molecule has 0 spiro atoms. The Balaban J connectivity index is 1.31. The van der Waals surface area contributed by atoms with Gasteiger partial charge >= 0.3 is 0 Å². The summed E-state index contributed by atoms with van der Waals surface area (Å²) in [5.41, 5.74) is 0. The molecule has 0 bridgehead atoms. The van der Waals surface area contributed by atoms with Crippen LogP contribution in [0.3, 0.4) is 0 Å². The average molecular weight is 393 g/mol. The third kappa shape index (κ3) is 6.89. The van der Waals surface area contributed by atoms with Gasteiger partial charge in [-0.1, -0.05) is 19.8 Å². The van der Waals surface area contributed by atoms with Gasteiger partial charge in [0.25, 0.3) is 0 Å². The number of rotatable bonds is 9. The van der Waals surface area contributed by atoms with Crippen molar-refractivity contribution in [2.24, 2.45) is 4.99 Å². The van der Waals surface area contributed by atoms with Crippen molar-refractivity contribution in [1.82, 2.24) is 25.3 Å². The van der Waals surface area contributed by atoms with Crippen LogP contribution in [0.4, 0.5) is 0 Å². The topological polar surface area (TPSA) is 46.1 Å². The van der Waals surface area contributed by atoms with Crippen LogP contribution in [0.15, 0.2) is 4.99 Å². The van der Waals surface area contributed by atoms with E-state index in [9.17, 15) is 0 Å². The van der Waals surface area contributed by atoms with Gasteiger partial charge < -0.3 is 20.4 Å². The summed E-state index contributed by atoms with van der Waals surface area (Å²) in [7, 11) is 0. The minimum absolute atomic E-state index is 0.563. The number of aliphatic imine (C=N–C) groups is 1. The smallest absolute Gasteiger partial charge is 0.191 e. The van der Waals surface area contributed by atoms with Crippen molar-refractivity contribution in [1.29, 1.82) is 0 Å². The molecule has 1 saturated carbocycles. The maximum Gasteiger partial charge on any atom is 0.191 e. The SMILES string of the molecule is CCNC(=NCCCCN1CCN(CC)CC1)NC1CCN(C2CCCC2)C1. The minimum atomic E-state index is 0.563. The number of likely N-dealkylation sites (tertiary alicyclic amines) is 1. The second-order valence-electron chi connectivity index (χ2n) is 8.81. The molecular formula is C22H44N6. The van der Waals surface area contributed by atoms with Gasteiger partial charge in [0, 0.05) is 64.4 Å². The number of hydrogen-bond donors (Lipinski definition) is 2. The highest BCUT2D eigenvalue weighted by molar-refractivity contribution is 5.80. The van der Waals surface area contributed by atoms with Gasteiger partial charge in [-0.05, 0) is 52.1 Å². The van der Waals surface area contributed by atoms with Crippen molar-refractivity contribution < 1.29 is 0 Å². The summed E-state index contributed by atoms with van der Waals surface area (Å²) in [5, 5.41) is 7.15. The van der Waals surface area contributed by atoms with E-state index in [0.29, 0.717) is 6.04 Å². The Morgan fingerprint density at radius 1 is 0.929 bits per heavy atom. The van der Waals surface area contributed by atoms with E-state index in [4.69, 9.17) is 4.99 Å². The van der Waals surface area contributed by atoms with Crippen molar-refractivity contribution in [2.75, 3.05) is 65.4 Å². The third-order valence-electron chi connectivity index (χ3n) is 6.81. The summed E-state index contributed by atoms with van der Waals surface area (Å²) in [5.74, 6) is 1.03. The second kappa shape index (κ2) is 12.0. The van der Waals surface area contributed by atoms with Gasteiger partial charge in [-0.15, -0.1) is 0 Å². The third-order valence-corrected chi connectivity index (χ3v) is 6.81. The van der Waals surface area contributed by atoms with Crippen molar-refractivity contribution in [3.05, 3.63) is 0 Å². The zero-order chi connectivity index (χ0) is 19.6. The van der Waals surface area contributed by atoms with Crippen LogP contribution < -0.4 is 10.6 Å². The van der Waals surface area contributed by atoms with E-state index >= 15 is 0 Å². The van der Waals surface area contributed by atoms with Crippen LogP contribution in [-0.4, -0.2) is 98.2 Å². The van der Waals surface area contributed by atoms with Crippen LogP contribution in [0.1, 0.15) is 58.8 Å². The van der Waals surface area contributed by atoms with Gasteiger partial charge in [-0.25, -0.2) is 0 Å². The van der Waals surface area contributed by atoms with Gasteiger partial charge in [0.1, 0.15) is 0 Å². The Bertz CT molecular complexity index is 454. The lowest BCUT2D eigenvalue weighted by molar-refractivity contribution is 0.136. The molecule has 6 heteroatoms. The molecule has 6 nitrogen and oxygen atoms in total. The van der Waals surface area contributed by atoms with E-state index in [1.807, 2.05) is 0 Å². The van der Waals surface area contributed by atoms with Crippen molar-refractivity contribution in [3.8, 4) is 0 Å². The number of guanidine groups is 1. The predicted octanol–water partition coefficient (Wildman–Crippen LogP) is 1.98. The molecular weight excluding hydrogens is 348 g/mol. The number of nitrogens with one attached hydrogen (secondary N) is 2. The summed E-state index contributed by atoms with van der Waals surface area (Å²) in [4.78, 5) is 12.7. The molecule has 0 radical (unpaired) electrons. The normalized spacial score (nSPS) is 26.2. The van der Waals surface area contributed by atoms with Crippen LogP contribution in [0.25, 0.3) is 0 Å². The first kappa shape index (κ1) is 21.8. The molecule has 2 saturated heterocycles. The van der Waals surface area contributed by atoms with Gasteiger partial charge in [-0.3, -0.25) is 9.89 Å². The van der Waals surface area contributed by atoms with Gasteiger partial charge in [0.2, 0.25) is 0 Å². The highest BCUT2D eigenvalue weighted by Gasteiger charge is 2.30. The molecule has 3 aliphatic rings. The summed E-state index contributed by atoms with van der Waals surface area (Å²) >= 11 is 0. The fourth-order valence-corrected chi connectivity index (χ4v) is 4.99. The van der Waals surface area contributed by atoms with Gasteiger partial charge in [0.05, 0.1) is 0 Å². The van der Waals surface area contributed by atoms with Crippen LogP contribution in [0.2, 0.25) is 0 Å². The minimum Gasteiger partial charge on any atom is -0.357 e. The van der Waals surface area contributed by atoms with Crippen LogP contribution in [-0.2, 0) is 0 Å². The number of unbranched alkanes of at least 4 members (excludes halogenated alkanes) is 1. The average Bonchev–Trinajstić information content (AvgIpc) is 3.40. The molecule has 3 fully saturated rings. The summed E-state index contributed by atoms with van der Waals surface area (Å²) in [6, 6.07) is 1.42. The fourth-order valence-electron chi connectivity index (χ4n) is 4.99. The molecule has 3 rings (SSSR count). The number of nitrogens with zero attached hydrogens (tertiary/aromatic N) is 4. The predicted molar refractivity (Wildman–Crippen MR) is 119 cm³/mol. The first-order valence-corrected chi connectivity index (χ1v) is 12.0. The van der Waals surface area contributed by atoms with E-state index in [-0.39, 0.29) is 0 Å². The van der Waals surface area contributed by atoms with Crippen molar-refractivity contribution >= 4 is 5.96 Å². The molecule has 0 amide bonds. The molecule has 1 unspecified atom stereocenters. The Kier molecular flexibility index (Phi) is 9.35. The maximum absolute atomic E-state index is 4.86. The first-order chi connectivity index (χ1) is 13.8. The highest BCUT2D eigenvalue weighted by Crippen LogP contribution is 2.26. The van der Waals surface area contributed by atoms with E-state index in [1.54, 1.807) is 0 Å². The first-order valence-electron chi connectivity index (χ1n) is 12.0. The zero-order valence-corrected chi connectivity index (χ0v) is 18.5. The molecule has 0 aromatic heterocycles. The maximum atomic E-state index is 4.86. The van der Waals surface area contributed by atoms with Crippen LogP contribution in [0, 0.1) is 0 Å². The van der Waals surface area contributed by atoms with E-state index in [2.05, 4.69) is 39.2 Å². The van der Waals surface area contributed by atoms with Gasteiger partial charge in [0.15, 0.2) is 5.96 Å². The lowest BCUT2D eigenvalue weighted by Crippen LogP contribution is -2.46.